The molecular weight excluding hydrogens is 284 g/mol. The number of hydrogen-bond acceptors (Lipinski definition) is 3. The summed E-state index contributed by atoms with van der Waals surface area (Å²) < 4.78 is 0. The Balaban J connectivity index is 2.19. The lowest BCUT2D eigenvalue weighted by molar-refractivity contribution is -0.137. The maximum absolute atomic E-state index is 12.0. The van der Waals surface area contributed by atoms with Crippen molar-refractivity contribution in [2.45, 2.75) is 32.1 Å². The fourth-order valence-electron chi connectivity index (χ4n) is 1.92. The zero-order valence-corrected chi connectivity index (χ0v) is 12.7. The molecule has 0 unspecified atom stereocenters. The molecule has 2 N–H and O–H groups in total. The van der Waals surface area contributed by atoms with Crippen molar-refractivity contribution in [2.24, 2.45) is 0 Å². The van der Waals surface area contributed by atoms with Crippen LogP contribution in [0, 0.1) is 0 Å². The van der Waals surface area contributed by atoms with Crippen LogP contribution in [0.2, 0.25) is 0 Å². The molecule has 0 fully saturated rings. The number of rotatable bonds is 9. The minimum Gasteiger partial charge on any atom is -0.481 e. The average Bonchev–Trinajstić information content (AvgIpc) is 2.51. The molecular formula is C16H22N2O4. The van der Waals surface area contributed by atoms with E-state index in [0.29, 0.717) is 25.8 Å². The molecule has 0 atom stereocenters. The third-order valence-electron chi connectivity index (χ3n) is 3.20. The first-order valence-corrected chi connectivity index (χ1v) is 7.31. The fourth-order valence-corrected chi connectivity index (χ4v) is 1.92. The van der Waals surface area contributed by atoms with E-state index in [0.717, 1.165) is 5.69 Å². The zero-order valence-electron chi connectivity index (χ0n) is 12.7. The van der Waals surface area contributed by atoms with Gasteiger partial charge in [-0.25, -0.2) is 0 Å². The number of benzene rings is 1. The Hall–Kier alpha value is -2.37. The van der Waals surface area contributed by atoms with Crippen molar-refractivity contribution in [1.82, 2.24) is 5.32 Å². The quantitative estimate of drug-likeness (QED) is 0.681. The number of nitrogens with zero attached hydrogens (tertiary/aromatic N) is 1. The normalized spacial score (nSPS) is 10.0. The number of carbonyl (C=O) groups excluding carboxylic acids is 2. The molecule has 0 aliphatic carbocycles. The molecule has 1 aromatic rings. The van der Waals surface area contributed by atoms with Crippen molar-refractivity contribution >= 4 is 23.5 Å². The van der Waals surface area contributed by atoms with Gasteiger partial charge in [-0.15, -0.1) is 0 Å². The summed E-state index contributed by atoms with van der Waals surface area (Å²) in [6, 6.07) is 9.32. The summed E-state index contributed by atoms with van der Waals surface area (Å²) in [5.41, 5.74) is 0.825. The predicted molar refractivity (Wildman–Crippen MR) is 83.6 cm³/mol. The molecule has 1 aromatic carbocycles. The van der Waals surface area contributed by atoms with Crippen LogP contribution in [0.25, 0.3) is 0 Å². The Morgan fingerprint density at radius 2 is 1.73 bits per heavy atom. The van der Waals surface area contributed by atoms with E-state index in [1.165, 1.54) is 0 Å². The van der Waals surface area contributed by atoms with Crippen LogP contribution < -0.4 is 10.2 Å². The third kappa shape index (κ3) is 6.88. The van der Waals surface area contributed by atoms with Crippen LogP contribution in [0.1, 0.15) is 32.1 Å². The van der Waals surface area contributed by atoms with Crippen LogP contribution >= 0.6 is 0 Å². The van der Waals surface area contributed by atoms with Gasteiger partial charge in [0.25, 0.3) is 0 Å². The summed E-state index contributed by atoms with van der Waals surface area (Å²) in [4.78, 5) is 35.4. The Morgan fingerprint density at radius 3 is 2.36 bits per heavy atom. The molecule has 22 heavy (non-hydrogen) atoms. The summed E-state index contributed by atoms with van der Waals surface area (Å²) in [6.07, 6.45) is 1.49. The lowest BCUT2D eigenvalue weighted by Crippen LogP contribution is -2.27. The van der Waals surface area contributed by atoms with E-state index in [1.807, 2.05) is 30.3 Å². The number of para-hydroxylation sites is 1. The first-order valence-electron chi connectivity index (χ1n) is 7.31. The maximum atomic E-state index is 12.0. The third-order valence-corrected chi connectivity index (χ3v) is 3.20. The van der Waals surface area contributed by atoms with E-state index in [4.69, 9.17) is 5.11 Å². The fraction of sp³-hybridized carbons (Fsp3) is 0.438. The van der Waals surface area contributed by atoms with E-state index >= 15 is 0 Å². The van der Waals surface area contributed by atoms with E-state index in [1.54, 1.807) is 11.9 Å². The van der Waals surface area contributed by atoms with Crippen molar-refractivity contribution in [1.29, 1.82) is 0 Å². The topological polar surface area (TPSA) is 86.7 Å². The van der Waals surface area contributed by atoms with Crippen LogP contribution in [0.4, 0.5) is 5.69 Å². The molecule has 120 valence electrons. The van der Waals surface area contributed by atoms with Gasteiger partial charge in [0.2, 0.25) is 11.8 Å². The molecule has 0 saturated carbocycles. The van der Waals surface area contributed by atoms with Gasteiger partial charge in [-0.05, 0) is 25.0 Å². The number of carboxylic acids is 1. The van der Waals surface area contributed by atoms with E-state index in [2.05, 4.69) is 5.32 Å². The van der Waals surface area contributed by atoms with Crippen LogP contribution in [0.15, 0.2) is 30.3 Å². The second-order valence-corrected chi connectivity index (χ2v) is 4.99. The van der Waals surface area contributed by atoms with Crippen LogP contribution in [0.5, 0.6) is 0 Å². The summed E-state index contributed by atoms with van der Waals surface area (Å²) >= 11 is 0. The molecule has 0 bridgehead atoms. The highest BCUT2D eigenvalue weighted by molar-refractivity contribution is 5.92. The highest BCUT2D eigenvalue weighted by atomic mass is 16.4. The van der Waals surface area contributed by atoms with Gasteiger partial charge in [0.15, 0.2) is 0 Å². The number of amides is 2. The van der Waals surface area contributed by atoms with Crippen LogP contribution in [-0.4, -0.2) is 36.5 Å². The van der Waals surface area contributed by atoms with Gasteiger partial charge in [-0.1, -0.05) is 18.2 Å². The smallest absolute Gasteiger partial charge is 0.303 e. The van der Waals surface area contributed by atoms with Crippen molar-refractivity contribution in [2.75, 3.05) is 18.5 Å². The number of nitrogens with one attached hydrogen (secondary N) is 1. The number of hydrogen-bond donors (Lipinski definition) is 2. The number of carboxylic acid groups (broad SMARTS) is 1. The minimum atomic E-state index is -0.871. The largest absolute Gasteiger partial charge is 0.481 e. The lowest BCUT2D eigenvalue weighted by atomic mass is 10.2. The molecule has 0 spiro atoms. The lowest BCUT2D eigenvalue weighted by Gasteiger charge is -2.17. The molecule has 0 aliphatic heterocycles. The van der Waals surface area contributed by atoms with Crippen molar-refractivity contribution in [3.8, 4) is 0 Å². The summed E-state index contributed by atoms with van der Waals surface area (Å²) in [5, 5.41) is 11.1. The van der Waals surface area contributed by atoms with Crippen LogP contribution in [-0.2, 0) is 14.4 Å². The van der Waals surface area contributed by atoms with Crippen molar-refractivity contribution in [3.05, 3.63) is 30.3 Å². The SMILES string of the molecule is CN(C(=O)CCCC(=O)NCCCC(=O)O)c1ccccc1. The Bertz CT molecular complexity index is 502. The van der Waals surface area contributed by atoms with Gasteiger partial charge in [0.05, 0.1) is 0 Å². The maximum Gasteiger partial charge on any atom is 0.303 e. The molecule has 1 rings (SSSR count). The predicted octanol–water partition coefficient (Wildman–Crippen LogP) is 1.80. The van der Waals surface area contributed by atoms with E-state index in [9.17, 15) is 14.4 Å². The van der Waals surface area contributed by atoms with Crippen molar-refractivity contribution < 1.29 is 19.5 Å². The summed E-state index contributed by atoms with van der Waals surface area (Å²) in [6.45, 7) is 0.350. The Morgan fingerprint density at radius 1 is 1.05 bits per heavy atom. The summed E-state index contributed by atoms with van der Waals surface area (Å²) in [5.74, 6) is -1.06. The molecule has 0 heterocycles. The van der Waals surface area contributed by atoms with Gasteiger partial charge in [-0.2, -0.15) is 0 Å². The van der Waals surface area contributed by atoms with E-state index in [-0.39, 0.29) is 24.7 Å². The molecule has 0 aliphatic rings. The van der Waals surface area contributed by atoms with Gasteiger partial charge < -0.3 is 15.3 Å². The van der Waals surface area contributed by atoms with Gasteiger partial charge >= 0.3 is 5.97 Å². The first-order chi connectivity index (χ1) is 10.5. The van der Waals surface area contributed by atoms with Crippen molar-refractivity contribution in [3.63, 3.8) is 0 Å². The Kier molecular flexibility index (Phi) is 7.67. The van der Waals surface area contributed by atoms with E-state index < -0.39 is 5.97 Å². The van der Waals surface area contributed by atoms with Gasteiger partial charge in [-0.3, -0.25) is 14.4 Å². The molecule has 0 radical (unpaired) electrons. The summed E-state index contributed by atoms with van der Waals surface area (Å²) in [7, 11) is 1.71. The average molecular weight is 306 g/mol. The molecule has 6 heteroatoms. The standard InChI is InChI=1S/C16H22N2O4/c1-18(13-7-3-2-4-8-13)15(20)10-5-9-14(19)17-12-6-11-16(21)22/h2-4,7-8H,5-6,9-12H2,1H3,(H,17,19)(H,21,22). The molecule has 0 aromatic heterocycles. The zero-order chi connectivity index (χ0) is 16.4. The number of aliphatic carboxylic acids is 1. The van der Waals surface area contributed by atoms with Crippen LogP contribution in [0.3, 0.4) is 0 Å². The molecule has 0 saturated heterocycles. The van der Waals surface area contributed by atoms with Gasteiger partial charge in [0, 0.05) is 38.5 Å². The highest BCUT2D eigenvalue weighted by Crippen LogP contribution is 2.13. The number of anilines is 1. The monoisotopic (exact) mass is 306 g/mol. The highest BCUT2D eigenvalue weighted by Gasteiger charge is 2.11. The second kappa shape index (κ2) is 9.55. The number of carbonyl (C=O) groups is 3. The Labute approximate surface area is 130 Å². The van der Waals surface area contributed by atoms with Gasteiger partial charge in [0.1, 0.15) is 0 Å². The minimum absolute atomic E-state index is 0.0372. The first kappa shape index (κ1) is 17.7. The second-order valence-electron chi connectivity index (χ2n) is 4.99. The molecule has 6 nitrogen and oxygen atoms in total. The molecule has 2 amide bonds.